The van der Waals surface area contributed by atoms with E-state index in [0.29, 0.717) is 18.6 Å². The normalized spacial score (nSPS) is 18.0. The highest BCUT2D eigenvalue weighted by Crippen LogP contribution is 2.27. The Morgan fingerprint density at radius 3 is 2.84 bits per heavy atom. The molecule has 0 bridgehead atoms. The predicted molar refractivity (Wildman–Crippen MR) is 86.1 cm³/mol. The average molecular weight is 360 g/mol. The highest BCUT2D eigenvalue weighted by atomic mass is 19.4. The molecule has 0 aliphatic carbocycles. The molecule has 2 rings (SSSR count). The average Bonchev–Trinajstić information content (AvgIpc) is 2.87. The molecule has 1 aromatic rings. The van der Waals surface area contributed by atoms with Crippen molar-refractivity contribution in [2.45, 2.75) is 38.2 Å². The zero-order chi connectivity index (χ0) is 18.3. The number of halogens is 3. The summed E-state index contributed by atoms with van der Waals surface area (Å²) in [5.41, 5.74) is 0.620. The molecule has 1 aliphatic heterocycles. The number of alkyl halides is 3. The largest absolute Gasteiger partial charge is 0.573 e. The van der Waals surface area contributed by atoms with Crippen LogP contribution in [-0.2, 0) is 16.1 Å². The second-order valence-corrected chi connectivity index (χ2v) is 5.94. The Labute approximate surface area is 145 Å². The van der Waals surface area contributed by atoms with E-state index in [1.807, 2.05) is 0 Å². The Morgan fingerprint density at radius 2 is 2.12 bits per heavy atom. The smallest absolute Gasteiger partial charge is 0.406 e. The van der Waals surface area contributed by atoms with E-state index in [4.69, 9.17) is 4.74 Å². The molecule has 8 heteroatoms. The number of nitrogens with zero attached hydrogens (tertiary/aromatic N) is 1. The van der Waals surface area contributed by atoms with E-state index in [-0.39, 0.29) is 24.2 Å². The van der Waals surface area contributed by atoms with Crippen molar-refractivity contribution in [2.24, 2.45) is 0 Å². The van der Waals surface area contributed by atoms with Gasteiger partial charge in [-0.25, -0.2) is 0 Å². The van der Waals surface area contributed by atoms with Crippen LogP contribution in [0.4, 0.5) is 13.2 Å². The van der Waals surface area contributed by atoms with Gasteiger partial charge in [0.1, 0.15) is 5.75 Å². The van der Waals surface area contributed by atoms with Crippen LogP contribution < -0.4 is 10.1 Å². The predicted octanol–water partition coefficient (Wildman–Crippen LogP) is 2.70. The van der Waals surface area contributed by atoms with Crippen LogP contribution in [0.3, 0.4) is 0 Å². The first-order chi connectivity index (χ1) is 11.9. The molecule has 1 amide bonds. The van der Waals surface area contributed by atoms with Crippen molar-refractivity contribution in [3.8, 4) is 5.75 Å². The van der Waals surface area contributed by atoms with Gasteiger partial charge in [-0.15, -0.1) is 13.2 Å². The number of likely N-dealkylation sites (tertiary alicyclic amines) is 1. The Morgan fingerprint density at radius 1 is 1.32 bits per heavy atom. The van der Waals surface area contributed by atoms with Gasteiger partial charge >= 0.3 is 6.36 Å². The molecular weight excluding hydrogens is 337 g/mol. The standard InChI is InChI=1S/C17H23F3N2O3/c1-24-10-9-21-8-7-14-5-6-16(23)22(14)12-13-3-2-4-15(11-13)25-17(18,19)20/h2-4,11,14,21H,5-10,12H2,1H3. The quantitative estimate of drug-likeness (QED) is 0.688. The first kappa shape index (κ1) is 19.5. The van der Waals surface area contributed by atoms with Gasteiger partial charge in [0.2, 0.25) is 5.91 Å². The number of methoxy groups -OCH3 is 1. The number of benzene rings is 1. The molecule has 25 heavy (non-hydrogen) atoms. The molecule has 140 valence electrons. The molecule has 0 spiro atoms. The van der Waals surface area contributed by atoms with Crippen LogP contribution in [0.5, 0.6) is 5.75 Å². The van der Waals surface area contributed by atoms with Crippen molar-refractivity contribution < 1.29 is 27.4 Å². The minimum absolute atomic E-state index is 0.0315. The molecular formula is C17H23F3N2O3. The van der Waals surface area contributed by atoms with E-state index in [2.05, 4.69) is 10.1 Å². The second-order valence-electron chi connectivity index (χ2n) is 5.94. The van der Waals surface area contributed by atoms with Crippen molar-refractivity contribution in [1.82, 2.24) is 10.2 Å². The summed E-state index contributed by atoms with van der Waals surface area (Å²) in [6, 6.07) is 5.86. The summed E-state index contributed by atoms with van der Waals surface area (Å²) in [5, 5.41) is 3.24. The van der Waals surface area contributed by atoms with Crippen molar-refractivity contribution in [3.63, 3.8) is 0 Å². The summed E-state index contributed by atoms with van der Waals surface area (Å²) in [4.78, 5) is 13.9. The van der Waals surface area contributed by atoms with E-state index < -0.39 is 6.36 Å². The van der Waals surface area contributed by atoms with Crippen LogP contribution in [0.15, 0.2) is 24.3 Å². The Balaban J connectivity index is 1.92. The van der Waals surface area contributed by atoms with Gasteiger partial charge in [-0.2, -0.15) is 0 Å². The molecule has 0 aromatic heterocycles. The number of carbonyl (C=O) groups excluding carboxylic acids is 1. The summed E-state index contributed by atoms with van der Waals surface area (Å²) in [7, 11) is 1.63. The van der Waals surface area contributed by atoms with Gasteiger partial charge in [-0.1, -0.05) is 12.1 Å². The van der Waals surface area contributed by atoms with Crippen molar-refractivity contribution >= 4 is 5.91 Å². The molecule has 1 aliphatic rings. The van der Waals surface area contributed by atoms with Crippen LogP contribution in [0.2, 0.25) is 0 Å². The number of rotatable bonds is 9. The molecule has 1 unspecified atom stereocenters. The van der Waals surface area contributed by atoms with Crippen LogP contribution in [0, 0.1) is 0 Å². The summed E-state index contributed by atoms with van der Waals surface area (Å²) < 4.78 is 45.9. The SMILES string of the molecule is COCCNCCC1CCC(=O)N1Cc1cccc(OC(F)(F)F)c1. The Bertz CT molecular complexity index is 566. The fourth-order valence-corrected chi connectivity index (χ4v) is 2.92. The van der Waals surface area contributed by atoms with Gasteiger partial charge in [-0.05, 0) is 37.1 Å². The van der Waals surface area contributed by atoms with Gasteiger partial charge in [0, 0.05) is 32.7 Å². The fourth-order valence-electron chi connectivity index (χ4n) is 2.92. The highest BCUT2D eigenvalue weighted by Gasteiger charge is 2.32. The van der Waals surface area contributed by atoms with E-state index in [1.54, 1.807) is 18.1 Å². The third-order valence-electron chi connectivity index (χ3n) is 4.07. The van der Waals surface area contributed by atoms with Crippen molar-refractivity contribution in [3.05, 3.63) is 29.8 Å². The lowest BCUT2D eigenvalue weighted by molar-refractivity contribution is -0.274. The van der Waals surface area contributed by atoms with Crippen molar-refractivity contribution in [2.75, 3.05) is 26.8 Å². The molecule has 5 nitrogen and oxygen atoms in total. The number of hydrogen-bond acceptors (Lipinski definition) is 4. The van der Waals surface area contributed by atoms with Gasteiger partial charge in [0.05, 0.1) is 6.61 Å². The lowest BCUT2D eigenvalue weighted by Crippen LogP contribution is -2.35. The number of hydrogen-bond donors (Lipinski definition) is 1. The Hall–Kier alpha value is -1.80. The lowest BCUT2D eigenvalue weighted by atomic mass is 10.1. The first-order valence-corrected chi connectivity index (χ1v) is 8.23. The van der Waals surface area contributed by atoms with E-state index in [1.165, 1.54) is 18.2 Å². The summed E-state index contributed by atoms with van der Waals surface area (Å²) >= 11 is 0. The maximum atomic E-state index is 12.3. The molecule has 1 N–H and O–H groups in total. The van der Waals surface area contributed by atoms with Crippen molar-refractivity contribution in [1.29, 1.82) is 0 Å². The lowest BCUT2D eigenvalue weighted by Gasteiger charge is -2.25. The molecule has 0 saturated carbocycles. The molecule has 1 fully saturated rings. The maximum Gasteiger partial charge on any atom is 0.573 e. The van der Waals surface area contributed by atoms with E-state index >= 15 is 0 Å². The summed E-state index contributed by atoms with van der Waals surface area (Å²) in [6.45, 7) is 2.42. The van der Waals surface area contributed by atoms with Gasteiger partial charge in [0.25, 0.3) is 0 Å². The summed E-state index contributed by atoms with van der Waals surface area (Å²) in [6.07, 6.45) is -2.68. The number of ether oxygens (including phenoxy) is 2. The van der Waals surface area contributed by atoms with E-state index in [9.17, 15) is 18.0 Å². The van der Waals surface area contributed by atoms with E-state index in [0.717, 1.165) is 25.9 Å². The highest BCUT2D eigenvalue weighted by molar-refractivity contribution is 5.78. The zero-order valence-corrected chi connectivity index (χ0v) is 14.1. The summed E-state index contributed by atoms with van der Waals surface area (Å²) in [5.74, 6) is -0.238. The van der Waals surface area contributed by atoms with Crippen LogP contribution >= 0.6 is 0 Å². The molecule has 1 aromatic carbocycles. The van der Waals surface area contributed by atoms with Gasteiger partial charge in [0.15, 0.2) is 0 Å². The number of amides is 1. The third kappa shape index (κ3) is 6.55. The van der Waals surface area contributed by atoms with Crippen LogP contribution in [-0.4, -0.2) is 50.0 Å². The minimum Gasteiger partial charge on any atom is -0.406 e. The molecule has 0 radical (unpaired) electrons. The third-order valence-corrected chi connectivity index (χ3v) is 4.07. The van der Waals surface area contributed by atoms with Gasteiger partial charge in [-0.3, -0.25) is 4.79 Å². The Kier molecular flexibility index (Phi) is 7.07. The monoisotopic (exact) mass is 360 g/mol. The maximum absolute atomic E-state index is 12.3. The van der Waals surface area contributed by atoms with Crippen LogP contribution in [0.25, 0.3) is 0 Å². The number of nitrogens with one attached hydrogen (secondary N) is 1. The minimum atomic E-state index is -4.72. The second kappa shape index (κ2) is 9.05. The molecule has 1 atom stereocenters. The fraction of sp³-hybridized carbons (Fsp3) is 0.588. The van der Waals surface area contributed by atoms with Crippen LogP contribution in [0.1, 0.15) is 24.8 Å². The first-order valence-electron chi connectivity index (χ1n) is 8.23. The molecule has 1 saturated heterocycles. The number of carbonyl (C=O) groups is 1. The topological polar surface area (TPSA) is 50.8 Å². The molecule has 1 heterocycles. The van der Waals surface area contributed by atoms with Gasteiger partial charge < -0.3 is 19.7 Å². The zero-order valence-electron chi connectivity index (χ0n) is 14.1.